The molecule has 3 N–H and O–H groups in total. The van der Waals surface area contributed by atoms with E-state index in [1.54, 1.807) is 12.1 Å². The van der Waals surface area contributed by atoms with Crippen molar-refractivity contribution in [1.29, 1.82) is 0 Å². The van der Waals surface area contributed by atoms with Crippen LogP contribution in [-0.4, -0.2) is 38.9 Å². The lowest BCUT2D eigenvalue weighted by Gasteiger charge is -2.26. The van der Waals surface area contributed by atoms with Gasteiger partial charge < -0.3 is 8.92 Å². The fourth-order valence-electron chi connectivity index (χ4n) is 5.71. The molecule has 4 aromatic carbocycles. The van der Waals surface area contributed by atoms with E-state index in [-0.39, 0.29) is 17.1 Å². The number of hydrogen-bond acceptors (Lipinski definition) is 8. The number of hydrogen-bond donors (Lipinski definition) is 3. The third kappa shape index (κ3) is 6.68. The lowest BCUT2D eigenvalue weighted by molar-refractivity contribution is 0.387. The number of fused-ring (bicyclic) bond motifs is 4. The van der Waals surface area contributed by atoms with Crippen molar-refractivity contribution in [2.24, 2.45) is 0 Å². The summed E-state index contributed by atoms with van der Waals surface area (Å²) < 4.78 is 113. The molecule has 14 heteroatoms. The Morgan fingerprint density at radius 1 is 0.761 bits per heavy atom. The van der Waals surface area contributed by atoms with Crippen molar-refractivity contribution in [3.05, 3.63) is 87.3 Å². The molecule has 0 saturated carbocycles. The lowest BCUT2D eigenvalue weighted by Crippen LogP contribution is -2.27. The normalized spacial score (nSPS) is 13.3. The zero-order valence-corrected chi connectivity index (χ0v) is 27.4. The quantitative estimate of drug-likeness (QED) is 0.160. The van der Waals surface area contributed by atoms with E-state index in [4.69, 9.17) is 9.29 Å². The molecule has 0 spiro atoms. The fourth-order valence-corrected chi connectivity index (χ4v) is 7.36. The highest BCUT2D eigenvalue weighted by Gasteiger charge is 2.30. The third-order valence-electron chi connectivity index (χ3n) is 7.85. The molecule has 4 aromatic rings. The first kappa shape index (κ1) is 33.6. The van der Waals surface area contributed by atoms with Gasteiger partial charge in [-0.05, 0) is 84.3 Å². The van der Waals surface area contributed by atoms with Crippen molar-refractivity contribution in [2.45, 2.75) is 62.2 Å². The second-order valence-corrected chi connectivity index (χ2v) is 14.8. The summed E-state index contributed by atoms with van der Waals surface area (Å²) >= 11 is 0. The Balaban J connectivity index is 1.95. The molecule has 0 amide bonds. The van der Waals surface area contributed by atoms with Gasteiger partial charge in [0.25, 0.3) is 20.2 Å². The van der Waals surface area contributed by atoms with Gasteiger partial charge in [0.15, 0.2) is 0 Å². The van der Waals surface area contributed by atoms with E-state index in [2.05, 4.69) is 17.7 Å². The van der Waals surface area contributed by atoms with Crippen LogP contribution in [0.15, 0.2) is 64.4 Å². The summed E-state index contributed by atoms with van der Waals surface area (Å²) in [5.74, 6) is 0.526. The summed E-state index contributed by atoms with van der Waals surface area (Å²) in [6.07, 6.45) is 4.70. The van der Waals surface area contributed by atoms with E-state index in [9.17, 15) is 34.4 Å². The zero-order valence-electron chi connectivity index (χ0n) is 25.0. The molecule has 0 fully saturated rings. The Bertz CT molecular complexity index is 2330. The Morgan fingerprint density at radius 3 is 2.07 bits per heavy atom. The van der Waals surface area contributed by atoms with Gasteiger partial charge in [0.1, 0.15) is 22.1 Å². The number of aryl methyl sites for hydroxylation is 1. The van der Waals surface area contributed by atoms with E-state index in [0.29, 0.717) is 51.8 Å². The van der Waals surface area contributed by atoms with Crippen LogP contribution in [0.3, 0.4) is 0 Å². The van der Waals surface area contributed by atoms with Crippen molar-refractivity contribution < 1.29 is 47.8 Å². The van der Waals surface area contributed by atoms with Crippen LogP contribution in [0.2, 0.25) is 0 Å². The zero-order chi connectivity index (χ0) is 33.6. The Labute approximate surface area is 267 Å². The minimum absolute atomic E-state index is 0.0360. The highest BCUT2D eigenvalue weighted by atomic mass is 32.3. The maximum atomic E-state index is 12.8. The van der Waals surface area contributed by atoms with Crippen molar-refractivity contribution >= 4 is 53.6 Å². The summed E-state index contributed by atoms with van der Waals surface area (Å²) in [7, 11) is -14.7. The standard InChI is InChI=1S/C32H32O11S3/c1-4-6-8-20-17-28-30(26-15-12-23(44(33,34)35)18-29(26)45(36,37)38)27-13-10-21-16-22(43-46(39,40)41)11-14-25(21)32(27)42-31(28)24(19(20)3)9-7-5-2/h10-18H,3-9H2,1-2H3,(H,33,34,35)(H,36,37,38)(H,39,40,41). The molecule has 0 aromatic heterocycles. The Morgan fingerprint density at radius 2 is 1.43 bits per heavy atom. The van der Waals surface area contributed by atoms with Gasteiger partial charge in [0, 0.05) is 32.9 Å². The lowest BCUT2D eigenvalue weighted by atomic mass is 9.87. The molecule has 1 aliphatic heterocycles. The van der Waals surface area contributed by atoms with E-state index in [0.717, 1.165) is 48.1 Å². The molecule has 0 atom stereocenters. The van der Waals surface area contributed by atoms with Crippen molar-refractivity contribution in [3.63, 3.8) is 0 Å². The van der Waals surface area contributed by atoms with Gasteiger partial charge in [-0.15, -0.1) is 0 Å². The number of ether oxygens (including phenoxy) is 1. The van der Waals surface area contributed by atoms with Gasteiger partial charge in [-0.1, -0.05) is 45.4 Å². The highest BCUT2D eigenvalue weighted by Crippen LogP contribution is 2.44. The predicted molar refractivity (Wildman–Crippen MR) is 172 cm³/mol. The number of rotatable bonds is 11. The summed E-state index contributed by atoms with van der Waals surface area (Å²) in [6.45, 7) is 8.47. The summed E-state index contributed by atoms with van der Waals surface area (Å²) in [5, 5.41) is 2.23. The van der Waals surface area contributed by atoms with Crippen LogP contribution in [0.4, 0.5) is 0 Å². The van der Waals surface area contributed by atoms with Crippen LogP contribution in [0.5, 0.6) is 17.2 Å². The molecule has 0 unspecified atom stereocenters. The first-order chi connectivity index (χ1) is 21.5. The van der Waals surface area contributed by atoms with Crippen molar-refractivity contribution in [2.75, 3.05) is 0 Å². The maximum absolute atomic E-state index is 12.8. The minimum atomic E-state index is -5.04. The molecule has 46 heavy (non-hydrogen) atoms. The third-order valence-corrected chi connectivity index (χ3v) is 10.00. The van der Waals surface area contributed by atoms with Crippen LogP contribution >= 0.6 is 0 Å². The summed E-state index contributed by atoms with van der Waals surface area (Å²) in [6, 6.07) is 12.3. The molecule has 0 aliphatic carbocycles. The first-order valence-corrected chi connectivity index (χ1v) is 18.7. The van der Waals surface area contributed by atoms with Gasteiger partial charge in [-0.2, -0.15) is 25.3 Å². The Hall–Kier alpha value is -3.79. The van der Waals surface area contributed by atoms with Crippen LogP contribution < -0.4 is 19.4 Å². The topological polar surface area (TPSA) is 182 Å². The van der Waals surface area contributed by atoms with Crippen molar-refractivity contribution in [3.8, 4) is 17.2 Å². The largest absolute Gasteiger partial charge is 0.455 e. The molecule has 1 heterocycles. The second-order valence-electron chi connectivity index (χ2n) is 11.0. The molecule has 244 valence electrons. The predicted octanol–water partition coefficient (Wildman–Crippen LogP) is 4.96. The molecule has 1 aliphatic rings. The second kappa shape index (κ2) is 12.4. The summed E-state index contributed by atoms with van der Waals surface area (Å²) in [4.78, 5) is -1.46. The van der Waals surface area contributed by atoms with E-state index in [1.165, 1.54) is 24.3 Å². The summed E-state index contributed by atoms with van der Waals surface area (Å²) in [5.41, 5.74) is 2.41. The van der Waals surface area contributed by atoms with Crippen LogP contribution in [0.25, 0.3) is 22.9 Å². The monoisotopic (exact) mass is 688 g/mol. The maximum Gasteiger partial charge on any atom is 0.446 e. The van der Waals surface area contributed by atoms with Gasteiger partial charge in [0.2, 0.25) is 0 Å². The molecule has 5 rings (SSSR count). The SMILES string of the molecule is C=c1c(CCCC)cc2c(c1CCCC)Oc1c(ccc3cc(OS(=O)(=O)O)ccc13)C=2c1ccc(S(=O)(=O)O)cc1S(=O)(=O)O. The van der Waals surface area contributed by atoms with Gasteiger partial charge in [-0.25, -0.2) is 0 Å². The van der Waals surface area contributed by atoms with Gasteiger partial charge in [0.05, 0.1) is 4.90 Å². The molecule has 11 nitrogen and oxygen atoms in total. The molecular formula is C32H32O11S3. The van der Waals surface area contributed by atoms with Crippen LogP contribution in [0, 0.1) is 0 Å². The smallest absolute Gasteiger partial charge is 0.446 e. The average Bonchev–Trinajstić information content (AvgIpc) is 2.96. The van der Waals surface area contributed by atoms with Crippen molar-refractivity contribution in [1.82, 2.24) is 0 Å². The molecule has 0 radical (unpaired) electrons. The van der Waals surface area contributed by atoms with E-state index < -0.39 is 40.4 Å². The molecular weight excluding hydrogens is 657 g/mol. The number of benzene rings is 4. The Kier molecular flexibility index (Phi) is 9.07. The first-order valence-electron chi connectivity index (χ1n) is 14.4. The fraction of sp³-hybridized carbons (Fsp3) is 0.250. The molecule has 0 saturated heterocycles. The van der Waals surface area contributed by atoms with Crippen LogP contribution in [-0.2, 0) is 43.5 Å². The van der Waals surface area contributed by atoms with Gasteiger partial charge in [-0.3, -0.25) is 13.7 Å². The number of unbranched alkanes of at least 4 members (excludes halogenated alkanes) is 2. The van der Waals surface area contributed by atoms with Crippen LogP contribution in [0.1, 0.15) is 61.8 Å². The van der Waals surface area contributed by atoms with E-state index in [1.807, 2.05) is 13.0 Å². The highest BCUT2D eigenvalue weighted by molar-refractivity contribution is 7.86. The molecule has 0 bridgehead atoms. The average molecular weight is 689 g/mol. The van der Waals surface area contributed by atoms with Gasteiger partial charge >= 0.3 is 10.4 Å². The van der Waals surface area contributed by atoms with E-state index >= 15 is 0 Å². The minimum Gasteiger partial charge on any atom is -0.455 e.